The molecule has 0 fully saturated rings. The van der Waals surface area contributed by atoms with E-state index in [1.54, 1.807) is 6.08 Å². The maximum atomic E-state index is 5.24. The summed E-state index contributed by atoms with van der Waals surface area (Å²) in [4.78, 5) is 0. The molecular formula is C13H20O. The van der Waals surface area contributed by atoms with Crippen molar-refractivity contribution in [2.24, 2.45) is 5.92 Å². The summed E-state index contributed by atoms with van der Waals surface area (Å²) < 4.78 is 5.24. The lowest BCUT2D eigenvalue weighted by molar-refractivity contribution is 0.263. The molecule has 14 heavy (non-hydrogen) atoms. The van der Waals surface area contributed by atoms with Crippen molar-refractivity contribution in [3.63, 3.8) is 0 Å². The molecule has 0 spiro atoms. The molecule has 78 valence electrons. The summed E-state index contributed by atoms with van der Waals surface area (Å²) in [6, 6.07) is 0. The van der Waals surface area contributed by atoms with Gasteiger partial charge in [0.15, 0.2) is 0 Å². The first kappa shape index (κ1) is 12.8. The summed E-state index contributed by atoms with van der Waals surface area (Å²) in [5.74, 6) is 1.20. The lowest BCUT2D eigenvalue weighted by Gasteiger charge is -2.06. The Balaban J connectivity index is 4.14. The summed E-state index contributed by atoms with van der Waals surface area (Å²) >= 11 is 0. The van der Waals surface area contributed by atoms with Gasteiger partial charge in [-0.3, -0.25) is 0 Å². The van der Waals surface area contributed by atoms with E-state index < -0.39 is 0 Å². The second-order valence-electron chi connectivity index (χ2n) is 3.34. The van der Waals surface area contributed by atoms with Crippen molar-refractivity contribution in [2.75, 3.05) is 6.61 Å². The molecule has 0 radical (unpaired) electrons. The van der Waals surface area contributed by atoms with Gasteiger partial charge in [0.05, 0.1) is 0 Å². The first-order valence-electron chi connectivity index (χ1n) is 4.88. The van der Waals surface area contributed by atoms with E-state index in [4.69, 9.17) is 4.74 Å². The minimum absolute atomic E-state index is 0.510. The topological polar surface area (TPSA) is 9.23 Å². The maximum Gasteiger partial charge on any atom is 0.112 e. The van der Waals surface area contributed by atoms with E-state index in [-0.39, 0.29) is 0 Å². The van der Waals surface area contributed by atoms with E-state index in [0.717, 1.165) is 0 Å². The monoisotopic (exact) mass is 192 g/mol. The highest BCUT2D eigenvalue weighted by atomic mass is 16.5. The molecule has 0 aliphatic heterocycles. The van der Waals surface area contributed by atoms with Crippen LogP contribution in [0.4, 0.5) is 0 Å². The second-order valence-corrected chi connectivity index (χ2v) is 3.34. The smallest absolute Gasteiger partial charge is 0.112 e. The third-order valence-electron chi connectivity index (χ3n) is 1.85. The van der Waals surface area contributed by atoms with Crippen LogP contribution in [0, 0.1) is 5.92 Å². The summed E-state index contributed by atoms with van der Waals surface area (Å²) in [5, 5.41) is 0. The SMILES string of the molecule is C=CCOC(=C)/C=C\C(=C/C)C(C)C. The summed E-state index contributed by atoms with van der Waals surface area (Å²) in [5.41, 5.74) is 1.29. The van der Waals surface area contributed by atoms with E-state index in [0.29, 0.717) is 18.3 Å². The van der Waals surface area contributed by atoms with E-state index in [2.05, 4.69) is 33.1 Å². The third kappa shape index (κ3) is 5.41. The van der Waals surface area contributed by atoms with Crippen LogP contribution in [0.2, 0.25) is 0 Å². The van der Waals surface area contributed by atoms with E-state index in [1.165, 1.54) is 5.57 Å². The van der Waals surface area contributed by atoms with Gasteiger partial charge in [-0.15, -0.1) is 0 Å². The molecule has 1 nitrogen and oxygen atoms in total. The molecule has 0 atom stereocenters. The van der Waals surface area contributed by atoms with Crippen LogP contribution in [0.15, 0.2) is 48.8 Å². The molecule has 0 heterocycles. The van der Waals surface area contributed by atoms with Crippen LogP contribution in [0.3, 0.4) is 0 Å². The van der Waals surface area contributed by atoms with E-state index in [9.17, 15) is 0 Å². The highest BCUT2D eigenvalue weighted by Gasteiger charge is 1.96. The zero-order valence-corrected chi connectivity index (χ0v) is 9.42. The Hall–Kier alpha value is -1.24. The molecule has 1 heteroatoms. The van der Waals surface area contributed by atoms with Gasteiger partial charge in [0, 0.05) is 0 Å². The van der Waals surface area contributed by atoms with Crippen LogP contribution < -0.4 is 0 Å². The van der Waals surface area contributed by atoms with Crippen LogP contribution in [-0.4, -0.2) is 6.61 Å². The van der Waals surface area contributed by atoms with Crippen molar-refractivity contribution in [2.45, 2.75) is 20.8 Å². The van der Waals surface area contributed by atoms with Crippen molar-refractivity contribution < 1.29 is 4.74 Å². The number of ether oxygens (including phenoxy) is 1. The molecule has 0 saturated heterocycles. The van der Waals surface area contributed by atoms with Gasteiger partial charge in [0.25, 0.3) is 0 Å². The average Bonchev–Trinajstić information content (AvgIpc) is 2.15. The van der Waals surface area contributed by atoms with Crippen LogP contribution in [0.5, 0.6) is 0 Å². The van der Waals surface area contributed by atoms with Crippen molar-refractivity contribution in [1.29, 1.82) is 0 Å². The Morgan fingerprint density at radius 1 is 1.36 bits per heavy atom. The van der Waals surface area contributed by atoms with Gasteiger partial charge >= 0.3 is 0 Å². The largest absolute Gasteiger partial charge is 0.490 e. The standard InChI is InChI=1S/C13H20O/c1-6-10-14-12(5)8-9-13(7-2)11(3)4/h6-9,11H,1,5,10H2,2-4H3/b9-8-,13-7+. The fourth-order valence-electron chi connectivity index (χ4n) is 1.03. The lowest BCUT2D eigenvalue weighted by atomic mass is 10.0. The highest BCUT2D eigenvalue weighted by molar-refractivity contribution is 5.24. The van der Waals surface area contributed by atoms with Gasteiger partial charge in [0.1, 0.15) is 12.4 Å². The predicted octanol–water partition coefficient (Wildman–Crippen LogP) is 3.86. The van der Waals surface area contributed by atoms with Crippen LogP contribution in [-0.2, 0) is 4.74 Å². The van der Waals surface area contributed by atoms with Crippen molar-refractivity contribution in [1.82, 2.24) is 0 Å². The summed E-state index contributed by atoms with van der Waals surface area (Å²) in [6.45, 7) is 14.2. The van der Waals surface area contributed by atoms with Crippen molar-refractivity contribution in [3.05, 3.63) is 48.8 Å². The van der Waals surface area contributed by atoms with Gasteiger partial charge in [-0.1, -0.05) is 45.2 Å². The minimum Gasteiger partial charge on any atom is -0.490 e. The number of hydrogen-bond donors (Lipinski definition) is 0. The summed E-state index contributed by atoms with van der Waals surface area (Å²) in [7, 11) is 0. The quantitative estimate of drug-likeness (QED) is 0.353. The Kier molecular flexibility index (Phi) is 6.55. The second kappa shape index (κ2) is 7.19. The lowest BCUT2D eigenvalue weighted by Crippen LogP contribution is -1.91. The molecule has 0 rings (SSSR count). The summed E-state index contributed by atoms with van der Waals surface area (Å²) in [6.07, 6.45) is 7.73. The van der Waals surface area contributed by atoms with E-state index in [1.807, 2.05) is 19.1 Å². The zero-order chi connectivity index (χ0) is 11.0. The van der Waals surface area contributed by atoms with Crippen molar-refractivity contribution >= 4 is 0 Å². The molecule has 0 unspecified atom stereocenters. The van der Waals surface area contributed by atoms with Gasteiger partial charge in [0.2, 0.25) is 0 Å². The number of rotatable bonds is 6. The molecular weight excluding hydrogens is 172 g/mol. The number of allylic oxidation sites excluding steroid dienone is 4. The van der Waals surface area contributed by atoms with Crippen LogP contribution in [0.1, 0.15) is 20.8 Å². The Morgan fingerprint density at radius 2 is 2.00 bits per heavy atom. The normalized spacial score (nSPS) is 12.1. The van der Waals surface area contributed by atoms with E-state index >= 15 is 0 Å². The molecule has 0 aliphatic carbocycles. The van der Waals surface area contributed by atoms with Crippen molar-refractivity contribution in [3.8, 4) is 0 Å². The predicted molar refractivity (Wildman–Crippen MR) is 63.0 cm³/mol. The molecule has 0 aromatic carbocycles. The Morgan fingerprint density at radius 3 is 2.43 bits per heavy atom. The maximum absolute atomic E-state index is 5.24. The van der Waals surface area contributed by atoms with Gasteiger partial charge in [-0.25, -0.2) is 0 Å². The first-order chi connectivity index (χ1) is 6.61. The molecule has 0 aromatic rings. The van der Waals surface area contributed by atoms with Gasteiger partial charge < -0.3 is 4.74 Å². The van der Waals surface area contributed by atoms with Gasteiger partial charge in [-0.05, 0) is 24.5 Å². The van der Waals surface area contributed by atoms with Gasteiger partial charge in [-0.2, -0.15) is 0 Å². The molecule has 0 bridgehead atoms. The molecule has 0 N–H and O–H groups in total. The van der Waals surface area contributed by atoms with Crippen LogP contribution >= 0.6 is 0 Å². The Labute approximate surface area is 87.5 Å². The fraction of sp³-hybridized carbons (Fsp3) is 0.385. The molecule has 0 amide bonds. The minimum atomic E-state index is 0.510. The first-order valence-corrected chi connectivity index (χ1v) is 4.88. The average molecular weight is 192 g/mol. The number of hydrogen-bond acceptors (Lipinski definition) is 1. The third-order valence-corrected chi connectivity index (χ3v) is 1.85. The molecule has 0 saturated carbocycles. The Bertz CT molecular complexity index is 244. The zero-order valence-electron chi connectivity index (χ0n) is 9.42. The molecule has 0 aliphatic rings. The van der Waals surface area contributed by atoms with Crippen LogP contribution in [0.25, 0.3) is 0 Å². The fourth-order valence-corrected chi connectivity index (χ4v) is 1.03. The highest BCUT2D eigenvalue weighted by Crippen LogP contribution is 2.11. The molecule has 0 aromatic heterocycles.